The number of hydrogen-bond acceptors (Lipinski definition) is 8. The predicted octanol–water partition coefficient (Wildman–Crippen LogP) is 2.69. The Morgan fingerprint density at radius 2 is 1.72 bits per heavy atom. The smallest absolute Gasteiger partial charge is 0.269 e. The maximum atomic E-state index is 13.5. The molecule has 11 nitrogen and oxygen atoms in total. The Hall–Kier alpha value is -4.61. The van der Waals surface area contributed by atoms with Crippen molar-refractivity contribution in [2.45, 2.75) is 24.6 Å². The van der Waals surface area contributed by atoms with Crippen LogP contribution in [-0.2, 0) is 9.63 Å². The van der Waals surface area contributed by atoms with E-state index < -0.39 is 35.6 Å². The number of oxime groups is 1. The van der Waals surface area contributed by atoms with Crippen LogP contribution in [0.15, 0.2) is 84.0 Å². The molecule has 0 spiro atoms. The third-order valence-electron chi connectivity index (χ3n) is 6.53. The Morgan fingerprint density at radius 3 is 2.31 bits per heavy atom. The average molecular weight is 533 g/mol. The molecular weight excluding hydrogens is 504 g/mol. The zero-order valence-corrected chi connectivity index (χ0v) is 21.1. The van der Waals surface area contributed by atoms with Crippen molar-refractivity contribution in [3.05, 3.63) is 100 Å². The van der Waals surface area contributed by atoms with E-state index in [0.717, 1.165) is 11.1 Å². The van der Waals surface area contributed by atoms with Crippen molar-refractivity contribution in [3.63, 3.8) is 0 Å². The van der Waals surface area contributed by atoms with Crippen molar-refractivity contribution < 1.29 is 29.6 Å². The Balaban J connectivity index is 1.51. The van der Waals surface area contributed by atoms with E-state index in [1.807, 2.05) is 42.5 Å². The van der Waals surface area contributed by atoms with Crippen LogP contribution in [0.2, 0.25) is 0 Å². The number of nitro groups is 1. The van der Waals surface area contributed by atoms with E-state index in [4.69, 9.17) is 4.84 Å². The number of non-ortho nitro benzene ring substituents is 1. The largest absolute Gasteiger partial charge is 0.399 e. The Labute approximate surface area is 224 Å². The lowest BCUT2D eigenvalue weighted by molar-refractivity contribution is -0.384. The molecule has 202 valence electrons. The van der Waals surface area contributed by atoms with Crippen LogP contribution in [0.3, 0.4) is 0 Å². The van der Waals surface area contributed by atoms with Crippen LogP contribution in [0.1, 0.15) is 28.4 Å². The lowest BCUT2D eigenvalue weighted by Crippen LogP contribution is -2.51. The quantitative estimate of drug-likeness (QED) is 0.283. The molecule has 11 heteroatoms. The van der Waals surface area contributed by atoms with E-state index >= 15 is 0 Å². The first-order chi connectivity index (χ1) is 18.8. The van der Waals surface area contributed by atoms with Crippen molar-refractivity contribution in [2.75, 3.05) is 20.3 Å². The summed E-state index contributed by atoms with van der Waals surface area (Å²) in [5.41, 5.74) is 2.94. The van der Waals surface area contributed by atoms with Gasteiger partial charge in [-0.2, -0.15) is 0 Å². The van der Waals surface area contributed by atoms with E-state index in [2.05, 4.69) is 10.5 Å². The Bertz CT molecular complexity index is 1340. The van der Waals surface area contributed by atoms with Gasteiger partial charge in [-0.25, -0.2) is 0 Å². The summed E-state index contributed by atoms with van der Waals surface area (Å²) in [6.07, 6.45) is -1.23. The maximum absolute atomic E-state index is 13.5. The van der Waals surface area contributed by atoms with Gasteiger partial charge in [-0.3, -0.25) is 19.7 Å². The van der Waals surface area contributed by atoms with Crippen LogP contribution < -0.4 is 5.32 Å². The molecule has 3 aromatic carbocycles. The molecule has 39 heavy (non-hydrogen) atoms. The number of aliphatic hydroxyl groups is 2. The standard InChI is InChI=1S/C28H28N4O7/c1-39-30-22-15-25(27(35)29-24(17-33)26(34)20-11-13-23(14-12-20)32(37)38)31(16-22)28(36)21-9-7-19(8-10-21)18-5-3-2-4-6-18/h2-14,24-26,33-34H,15-17H2,1H3,(H,29,35)/b30-22-/t24-,25+,26+/m1/s1. The summed E-state index contributed by atoms with van der Waals surface area (Å²) in [4.78, 5) is 43.3. The SMILES string of the molecule is CO/N=C1/C[C@@H](C(=O)N[C@H](CO)[C@@H](O)c2ccc([N+](=O)[O-])cc2)N(C(=O)c2ccc(-c3ccccc3)cc2)C1. The molecule has 0 aliphatic carbocycles. The molecule has 3 N–H and O–H groups in total. The number of rotatable bonds is 9. The number of nitrogens with zero attached hydrogens (tertiary/aromatic N) is 3. The first-order valence-corrected chi connectivity index (χ1v) is 12.2. The van der Waals surface area contributed by atoms with Crippen molar-refractivity contribution >= 4 is 23.2 Å². The molecular formula is C28H28N4O7. The number of nitro benzene ring substituents is 1. The van der Waals surface area contributed by atoms with Crippen molar-refractivity contribution in [3.8, 4) is 11.1 Å². The number of nitrogens with one attached hydrogen (secondary N) is 1. The molecule has 4 rings (SSSR count). The summed E-state index contributed by atoms with van der Waals surface area (Å²) >= 11 is 0. The summed E-state index contributed by atoms with van der Waals surface area (Å²) in [7, 11) is 1.37. The molecule has 2 amide bonds. The van der Waals surface area contributed by atoms with Gasteiger partial charge in [0.15, 0.2) is 0 Å². The number of hydrogen-bond donors (Lipinski definition) is 3. The average Bonchev–Trinajstić information content (AvgIpc) is 3.40. The summed E-state index contributed by atoms with van der Waals surface area (Å²) in [6.45, 7) is -0.537. The molecule has 0 bridgehead atoms. The summed E-state index contributed by atoms with van der Waals surface area (Å²) < 4.78 is 0. The van der Waals surface area contributed by atoms with Crippen LogP contribution in [-0.4, -0.2) is 69.9 Å². The predicted molar refractivity (Wildman–Crippen MR) is 143 cm³/mol. The topological polar surface area (TPSA) is 155 Å². The third-order valence-corrected chi connectivity index (χ3v) is 6.53. The fourth-order valence-electron chi connectivity index (χ4n) is 4.48. The Morgan fingerprint density at radius 1 is 1.08 bits per heavy atom. The first-order valence-electron chi connectivity index (χ1n) is 12.2. The first kappa shape index (κ1) is 27.4. The van der Waals surface area contributed by atoms with Gasteiger partial charge >= 0.3 is 0 Å². The molecule has 3 atom stereocenters. The highest BCUT2D eigenvalue weighted by atomic mass is 16.6. The highest BCUT2D eigenvalue weighted by Crippen LogP contribution is 2.25. The number of aliphatic hydroxyl groups excluding tert-OH is 2. The van der Waals surface area contributed by atoms with Gasteiger partial charge in [0.25, 0.3) is 11.6 Å². The Kier molecular flexibility index (Phi) is 8.64. The third kappa shape index (κ3) is 6.28. The van der Waals surface area contributed by atoms with Gasteiger partial charge in [0, 0.05) is 24.1 Å². The fraction of sp³-hybridized carbons (Fsp3) is 0.250. The van der Waals surface area contributed by atoms with Crippen molar-refractivity contribution in [1.82, 2.24) is 10.2 Å². The van der Waals surface area contributed by atoms with E-state index in [9.17, 15) is 29.9 Å². The second kappa shape index (κ2) is 12.3. The zero-order chi connectivity index (χ0) is 27.9. The van der Waals surface area contributed by atoms with Gasteiger partial charge in [0.1, 0.15) is 19.3 Å². The van der Waals surface area contributed by atoms with Gasteiger partial charge in [-0.15, -0.1) is 0 Å². The highest BCUT2D eigenvalue weighted by Gasteiger charge is 2.39. The molecule has 1 heterocycles. The van der Waals surface area contributed by atoms with Crippen LogP contribution in [0.4, 0.5) is 5.69 Å². The van der Waals surface area contributed by atoms with Gasteiger partial charge in [0.2, 0.25) is 5.91 Å². The zero-order valence-electron chi connectivity index (χ0n) is 21.1. The van der Waals surface area contributed by atoms with Gasteiger partial charge < -0.3 is 25.3 Å². The minimum Gasteiger partial charge on any atom is -0.399 e. The fourth-order valence-corrected chi connectivity index (χ4v) is 4.48. The minimum atomic E-state index is -1.34. The summed E-state index contributed by atoms with van der Waals surface area (Å²) in [6, 6.07) is 19.8. The van der Waals surface area contributed by atoms with Gasteiger partial charge in [-0.05, 0) is 41.0 Å². The summed E-state index contributed by atoms with van der Waals surface area (Å²) in [5, 5.41) is 38.1. The summed E-state index contributed by atoms with van der Waals surface area (Å²) in [5.74, 6) is -0.974. The number of benzene rings is 3. The van der Waals surface area contributed by atoms with E-state index in [1.54, 1.807) is 12.1 Å². The van der Waals surface area contributed by atoms with Crippen molar-refractivity contribution in [2.24, 2.45) is 5.16 Å². The molecule has 0 radical (unpaired) electrons. The second-order valence-corrected chi connectivity index (χ2v) is 9.03. The monoisotopic (exact) mass is 532 g/mol. The van der Waals surface area contributed by atoms with Crippen LogP contribution in [0.25, 0.3) is 11.1 Å². The normalized spacial score (nSPS) is 17.5. The minimum absolute atomic E-state index is 0.0693. The van der Waals surface area contributed by atoms with Gasteiger partial charge in [-0.1, -0.05) is 47.6 Å². The van der Waals surface area contributed by atoms with Crippen LogP contribution in [0, 0.1) is 10.1 Å². The molecule has 0 unspecified atom stereocenters. The molecule has 1 saturated heterocycles. The van der Waals surface area contributed by atoms with E-state index in [1.165, 1.54) is 36.3 Å². The van der Waals surface area contributed by atoms with Crippen LogP contribution in [0.5, 0.6) is 0 Å². The van der Waals surface area contributed by atoms with Gasteiger partial charge in [0.05, 0.1) is 29.8 Å². The molecule has 3 aromatic rings. The van der Waals surface area contributed by atoms with Crippen LogP contribution >= 0.6 is 0 Å². The highest BCUT2D eigenvalue weighted by molar-refractivity contribution is 6.05. The number of amides is 2. The number of carbonyl (C=O) groups excluding carboxylic acids is 2. The maximum Gasteiger partial charge on any atom is 0.269 e. The molecule has 1 aliphatic rings. The molecule has 1 aliphatic heterocycles. The lowest BCUT2D eigenvalue weighted by Gasteiger charge is -2.27. The number of likely N-dealkylation sites (tertiary alicyclic amines) is 1. The molecule has 0 saturated carbocycles. The van der Waals surface area contributed by atoms with E-state index in [0.29, 0.717) is 11.3 Å². The molecule has 1 fully saturated rings. The lowest BCUT2D eigenvalue weighted by atomic mass is 10.0. The molecule has 0 aromatic heterocycles. The van der Waals surface area contributed by atoms with E-state index in [-0.39, 0.29) is 30.1 Å². The second-order valence-electron chi connectivity index (χ2n) is 9.03. The van der Waals surface area contributed by atoms with Crippen molar-refractivity contribution in [1.29, 1.82) is 0 Å². The number of carbonyl (C=O) groups is 2.